The van der Waals surface area contributed by atoms with Gasteiger partial charge in [-0.05, 0) is 60.4 Å². The second kappa shape index (κ2) is 11.8. The summed E-state index contributed by atoms with van der Waals surface area (Å²) in [5.41, 5.74) is 4.37. The number of nitrogens with zero attached hydrogens (tertiary/aromatic N) is 6. The van der Waals surface area contributed by atoms with Crippen molar-refractivity contribution in [2.24, 2.45) is 0 Å². The van der Waals surface area contributed by atoms with Gasteiger partial charge in [0.2, 0.25) is 0 Å². The average molecular weight is 609 g/mol. The molecule has 4 aliphatic rings. The summed E-state index contributed by atoms with van der Waals surface area (Å²) in [6.07, 6.45) is 1.25. The Morgan fingerprint density at radius 1 is 0.643 bits per heavy atom. The molecule has 4 aliphatic heterocycles. The van der Waals surface area contributed by atoms with Crippen molar-refractivity contribution in [2.75, 3.05) is 62.4 Å². The zero-order valence-corrected chi connectivity index (χ0v) is 26.3. The molecule has 42 heavy (non-hydrogen) atoms. The standard InChI is InChI=1S/C30H36N6O4S2/c1-29(2)13-19-21(15-31)27(33-25(23(19)17-39-29)35-5-9-37-10-6-35)41-42-28-22(16-32)20-14-30(3,4)40-18-24(20)26(34-28)36-7-11-38-12-8-36/h5-14,17-18H2,1-4H3. The SMILES string of the molecule is CC1(C)Cc2c(C#N)c(SSc3nc(N4CCOCC4)c4c(c3C#N)CC(C)(C)OC4)nc(N3CCOCC3)c2CO1. The lowest BCUT2D eigenvalue weighted by atomic mass is 9.89. The molecule has 6 rings (SSSR count). The molecule has 0 unspecified atom stereocenters. The Bertz CT molecular complexity index is 1350. The van der Waals surface area contributed by atoms with Crippen LogP contribution in [0.4, 0.5) is 11.6 Å². The van der Waals surface area contributed by atoms with Gasteiger partial charge in [-0.25, -0.2) is 9.97 Å². The van der Waals surface area contributed by atoms with E-state index < -0.39 is 0 Å². The summed E-state index contributed by atoms with van der Waals surface area (Å²) >= 11 is 0. The van der Waals surface area contributed by atoms with Crippen LogP contribution in [0.3, 0.4) is 0 Å². The van der Waals surface area contributed by atoms with Gasteiger partial charge in [0.05, 0.1) is 62.0 Å². The molecule has 0 bridgehead atoms. The molecule has 0 radical (unpaired) electrons. The first-order valence-electron chi connectivity index (χ1n) is 14.4. The van der Waals surface area contributed by atoms with Gasteiger partial charge in [0.25, 0.3) is 0 Å². The molecule has 10 nitrogen and oxygen atoms in total. The highest BCUT2D eigenvalue weighted by atomic mass is 33.1. The molecule has 0 saturated carbocycles. The molecule has 2 aromatic rings. The summed E-state index contributed by atoms with van der Waals surface area (Å²) in [5.74, 6) is 1.72. The van der Waals surface area contributed by atoms with E-state index in [1.807, 2.05) is 0 Å². The molecular formula is C30H36N6O4S2. The van der Waals surface area contributed by atoms with Crippen LogP contribution >= 0.6 is 21.6 Å². The number of anilines is 2. The van der Waals surface area contributed by atoms with Crippen molar-refractivity contribution in [3.05, 3.63) is 33.4 Å². The maximum Gasteiger partial charge on any atom is 0.136 e. The molecule has 2 saturated heterocycles. The van der Waals surface area contributed by atoms with E-state index in [1.165, 1.54) is 21.6 Å². The topological polar surface area (TPSA) is 117 Å². The molecule has 0 aromatic carbocycles. The van der Waals surface area contributed by atoms with Crippen LogP contribution in [0, 0.1) is 22.7 Å². The highest BCUT2D eigenvalue weighted by molar-refractivity contribution is 8.76. The summed E-state index contributed by atoms with van der Waals surface area (Å²) < 4.78 is 23.6. The van der Waals surface area contributed by atoms with Crippen molar-refractivity contribution in [2.45, 2.75) is 75.0 Å². The molecule has 0 spiro atoms. The van der Waals surface area contributed by atoms with E-state index in [0.717, 1.165) is 60.1 Å². The first-order valence-corrected chi connectivity index (χ1v) is 16.5. The fourth-order valence-corrected chi connectivity index (χ4v) is 8.06. The van der Waals surface area contributed by atoms with Crippen LogP contribution in [0.5, 0.6) is 0 Å². The van der Waals surface area contributed by atoms with E-state index in [0.29, 0.717) is 73.7 Å². The molecule has 0 amide bonds. The van der Waals surface area contributed by atoms with E-state index in [4.69, 9.17) is 28.9 Å². The maximum atomic E-state index is 10.4. The number of nitriles is 2. The largest absolute Gasteiger partial charge is 0.378 e. The van der Waals surface area contributed by atoms with Gasteiger partial charge in [0.15, 0.2) is 0 Å². The van der Waals surface area contributed by atoms with Crippen LogP contribution in [0.25, 0.3) is 0 Å². The maximum absolute atomic E-state index is 10.4. The Balaban J connectivity index is 1.42. The Morgan fingerprint density at radius 3 is 1.38 bits per heavy atom. The fourth-order valence-electron chi connectivity index (χ4n) is 5.95. The van der Waals surface area contributed by atoms with E-state index in [-0.39, 0.29) is 11.2 Å². The van der Waals surface area contributed by atoms with E-state index in [2.05, 4.69) is 49.6 Å². The predicted molar refractivity (Wildman–Crippen MR) is 161 cm³/mol. The highest BCUT2D eigenvalue weighted by Gasteiger charge is 2.36. The van der Waals surface area contributed by atoms with Crippen LogP contribution in [0.2, 0.25) is 0 Å². The number of ether oxygens (including phenoxy) is 4. The second-order valence-corrected chi connectivity index (χ2v) is 14.3. The zero-order valence-electron chi connectivity index (χ0n) is 24.6. The number of rotatable bonds is 5. The third kappa shape index (κ3) is 5.81. The van der Waals surface area contributed by atoms with Crippen molar-refractivity contribution in [1.29, 1.82) is 10.5 Å². The van der Waals surface area contributed by atoms with Crippen LogP contribution in [-0.2, 0) is 45.0 Å². The number of fused-ring (bicyclic) bond motifs is 2. The number of aromatic nitrogens is 2. The Labute approximate surface area is 255 Å². The van der Waals surface area contributed by atoms with Gasteiger partial charge >= 0.3 is 0 Å². The highest BCUT2D eigenvalue weighted by Crippen LogP contribution is 2.46. The van der Waals surface area contributed by atoms with Crippen molar-refractivity contribution in [3.63, 3.8) is 0 Å². The summed E-state index contributed by atoms with van der Waals surface area (Å²) in [7, 11) is 2.82. The van der Waals surface area contributed by atoms with E-state index in [1.54, 1.807) is 0 Å². The number of pyridine rings is 2. The van der Waals surface area contributed by atoms with Crippen molar-refractivity contribution < 1.29 is 18.9 Å². The lowest BCUT2D eigenvalue weighted by molar-refractivity contribution is -0.0405. The van der Waals surface area contributed by atoms with Crippen molar-refractivity contribution >= 4 is 33.2 Å². The molecule has 2 fully saturated rings. The smallest absolute Gasteiger partial charge is 0.136 e. The van der Waals surface area contributed by atoms with Gasteiger partial charge in [0.1, 0.15) is 33.8 Å². The summed E-state index contributed by atoms with van der Waals surface area (Å²) in [4.78, 5) is 14.6. The van der Waals surface area contributed by atoms with Crippen molar-refractivity contribution in [3.8, 4) is 12.1 Å². The summed E-state index contributed by atoms with van der Waals surface area (Å²) in [6, 6.07) is 4.92. The van der Waals surface area contributed by atoms with Crippen molar-refractivity contribution in [1.82, 2.24) is 9.97 Å². The van der Waals surface area contributed by atoms with Gasteiger partial charge in [-0.15, -0.1) is 0 Å². The Morgan fingerprint density at radius 2 is 1.02 bits per heavy atom. The second-order valence-electron chi connectivity index (χ2n) is 12.2. The molecular weight excluding hydrogens is 573 g/mol. The van der Waals surface area contributed by atoms with Gasteiger partial charge in [-0.2, -0.15) is 10.5 Å². The van der Waals surface area contributed by atoms with Gasteiger partial charge < -0.3 is 28.7 Å². The molecule has 0 N–H and O–H groups in total. The summed E-state index contributed by atoms with van der Waals surface area (Å²) in [6.45, 7) is 14.5. The van der Waals surface area contributed by atoms with E-state index >= 15 is 0 Å². The first kappa shape index (κ1) is 29.5. The van der Waals surface area contributed by atoms with Gasteiger partial charge in [-0.3, -0.25) is 0 Å². The van der Waals surface area contributed by atoms with E-state index in [9.17, 15) is 10.5 Å². The Hall–Kier alpha value is -2.58. The molecule has 12 heteroatoms. The predicted octanol–water partition coefficient (Wildman–Crippen LogP) is 4.40. The average Bonchev–Trinajstić information content (AvgIpc) is 2.98. The number of morpholine rings is 2. The fraction of sp³-hybridized carbons (Fsp3) is 0.600. The minimum Gasteiger partial charge on any atom is -0.378 e. The van der Waals surface area contributed by atoms with Crippen LogP contribution in [0.15, 0.2) is 10.1 Å². The quantitative estimate of drug-likeness (QED) is 0.448. The van der Waals surface area contributed by atoms with Crippen LogP contribution in [0.1, 0.15) is 61.1 Å². The molecule has 6 heterocycles. The normalized spacial score (nSPS) is 21.2. The molecule has 222 valence electrons. The lowest BCUT2D eigenvalue weighted by Crippen LogP contribution is -2.40. The minimum absolute atomic E-state index is 0.382. The number of hydrogen-bond donors (Lipinski definition) is 0. The Kier molecular flexibility index (Phi) is 8.31. The minimum atomic E-state index is -0.382. The van der Waals surface area contributed by atoms with Crippen LogP contribution < -0.4 is 9.80 Å². The van der Waals surface area contributed by atoms with Gasteiger partial charge in [-0.1, -0.05) is 0 Å². The molecule has 0 atom stereocenters. The molecule has 0 aliphatic carbocycles. The third-order valence-corrected chi connectivity index (χ3v) is 10.4. The molecule has 2 aromatic heterocycles. The first-order chi connectivity index (χ1) is 20.2. The lowest BCUT2D eigenvalue weighted by Gasteiger charge is -2.37. The number of hydrogen-bond acceptors (Lipinski definition) is 12. The zero-order chi connectivity index (χ0) is 29.5. The van der Waals surface area contributed by atoms with Gasteiger partial charge in [0, 0.05) is 50.1 Å². The van der Waals surface area contributed by atoms with Crippen LogP contribution in [-0.4, -0.2) is 73.8 Å². The third-order valence-electron chi connectivity index (χ3n) is 8.18. The monoisotopic (exact) mass is 608 g/mol. The summed E-state index contributed by atoms with van der Waals surface area (Å²) in [5, 5.41) is 22.1.